The number of thiophene rings is 2. The lowest BCUT2D eigenvalue weighted by atomic mass is 10.2. The van der Waals surface area contributed by atoms with Crippen molar-refractivity contribution in [2.75, 3.05) is 0 Å². The number of nitrogens with zero attached hydrogens (tertiary/aromatic N) is 2. The summed E-state index contributed by atoms with van der Waals surface area (Å²) in [6.07, 6.45) is 2.69. The van der Waals surface area contributed by atoms with Gasteiger partial charge in [-0.25, -0.2) is 5.43 Å². The van der Waals surface area contributed by atoms with E-state index in [9.17, 15) is 0 Å². The fourth-order valence-electron chi connectivity index (χ4n) is 2.27. The second kappa shape index (κ2) is 5.83. The van der Waals surface area contributed by atoms with Gasteiger partial charge in [0.05, 0.1) is 23.0 Å². The van der Waals surface area contributed by atoms with E-state index in [0.717, 1.165) is 23.5 Å². The number of nitrogens with two attached hydrogens (primary N) is 1. The third-order valence-corrected chi connectivity index (χ3v) is 5.60. The Kier molecular flexibility index (Phi) is 4.09. The van der Waals surface area contributed by atoms with Gasteiger partial charge >= 0.3 is 0 Å². The van der Waals surface area contributed by atoms with Crippen LogP contribution in [0, 0.1) is 0 Å². The molecule has 0 aliphatic carbocycles. The lowest BCUT2D eigenvalue weighted by Gasteiger charge is -2.17. The Morgan fingerprint density at radius 2 is 2.35 bits per heavy atom. The van der Waals surface area contributed by atoms with Crippen molar-refractivity contribution in [3.8, 4) is 0 Å². The monoisotopic (exact) mass is 326 g/mol. The molecule has 0 bridgehead atoms. The van der Waals surface area contributed by atoms with E-state index in [0.29, 0.717) is 5.02 Å². The van der Waals surface area contributed by atoms with Gasteiger partial charge in [0.1, 0.15) is 0 Å². The molecule has 3 heterocycles. The van der Waals surface area contributed by atoms with Crippen LogP contribution in [-0.4, -0.2) is 9.78 Å². The standard InChI is InChI=1S/C13H15ClN4S2/c1-2-4-18-13(8(14)7-16-18)12(17-15)11-6-10-9(20-11)3-5-19-10/h3,5-7,12,17H,2,4,15H2,1H3. The number of hydrazine groups is 1. The van der Waals surface area contributed by atoms with Crippen molar-refractivity contribution < 1.29 is 0 Å². The zero-order valence-electron chi connectivity index (χ0n) is 11.0. The van der Waals surface area contributed by atoms with E-state index in [2.05, 4.69) is 35.0 Å². The van der Waals surface area contributed by atoms with Crippen molar-refractivity contribution in [3.05, 3.63) is 39.3 Å². The Balaban J connectivity index is 2.05. The fraction of sp³-hybridized carbons (Fsp3) is 0.308. The van der Waals surface area contributed by atoms with Gasteiger partial charge in [-0.3, -0.25) is 10.5 Å². The highest BCUT2D eigenvalue weighted by atomic mass is 35.5. The molecule has 3 aromatic rings. The van der Waals surface area contributed by atoms with Crippen LogP contribution >= 0.6 is 34.3 Å². The molecule has 3 aromatic heterocycles. The number of rotatable bonds is 5. The number of fused-ring (bicyclic) bond motifs is 1. The van der Waals surface area contributed by atoms with Crippen LogP contribution in [0.15, 0.2) is 23.7 Å². The largest absolute Gasteiger partial charge is 0.270 e. The lowest BCUT2D eigenvalue weighted by Crippen LogP contribution is -2.30. The number of nitrogens with one attached hydrogen (secondary N) is 1. The van der Waals surface area contributed by atoms with Crippen molar-refractivity contribution in [2.24, 2.45) is 5.84 Å². The zero-order valence-corrected chi connectivity index (χ0v) is 13.4. The van der Waals surface area contributed by atoms with Crippen LogP contribution in [0.25, 0.3) is 9.40 Å². The second-order valence-electron chi connectivity index (χ2n) is 4.50. The zero-order chi connectivity index (χ0) is 14.1. The Labute approximate surface area is 130 Å². The quantitative estimate of drug-likeness (QED) is 0.554. The highest BCUT2D eigenvalue weighted by Crippen LogP contribution is 2.37. The van der Waals surface area contributed by atoms with Gasteiger partial charge in [-0.05, 0) is 23.9 Å². The van der Waals surface area contributed by atoms with Gasteiger partial charge in [0.2, 0.25) is 0 Å². The van der Waals surface area contributed by atoms with E-state index in [4.69, 9.17) is 17.4 Å². The topological polar surface area (TPSA) is 55.9 Å². The van der Waals surface area contributed by atoms with Crippen LogP contribution in [0.2, 0.25) is 5.02 Å². The number of aryl methyl sites for hydroxylation is 1. The van der Waals surface area contributed by atoms with Gasteiger partial charge in [0.25, 0.3) is 0 Å². The highest BCUT2D eigenvalue weighted by Gasteiger charge is 2.23. The molecule has 0 aliphatic heterocycles. The maximum atomic E-state index is 6.31. The minimum atomic E-state index is -0.124. The van der Waals surface area contributed by atoms with E-state index >= 15 is 0 Å². The molecule has 0 spiro atoms. The van der Waals surface area contributed by atoms with Gasteiger partial charge in [0, 0.05) is 20.8 Å². The summed E-state index contributed by atoms with van der Waals surface area (Å²) < 4.78 is 4.49. The van der Waals surface area contributed by atoms with Crippen LogP contribution in [0.5, 0.6) is 0 Å². The number of aromatic nitrogens is 2. The van der Waals surface area contributed by atoms with E-state index in [1.165, 1.54) is 9.40 Å². The first-order chi connectivity index (χ1) is 9.74. The van der Waals surface area contributed by atoms with E-state index in [1.807, 2.05) is 4.68 Å². The first-order valence-corrected chi connectivity index (χ1v) is 8.46. The van der Waals surface area contributed by atoms with Crippen LogP contribution < -0.4 is 11.3 Å². The van der Waals surface area contributed by atoms with Gasteiger partial charge in [0.15, 0.2) is 0 Å². The van der Waals surface area contributed by atoms with Gasteiger partial charge in [-0.15, -0.1) is 22.7 Å². The van der Waals surface area contributed by atoms with Crippen molar-refractivity contribution >= 4 is 43.7 Å². The summed E-state index contributed by atoms with van der Waals surface area (Å²) in [6, 6.07) is 4.18. The third-order valence-electron chi connectivity index (χ3n) is 3.15. The first kappa shape index (κ1) is 14.0. The van der Waals surface area contributed by atoms with Crippen molar-refractivity contribution in [3.63, 3.8) is 0 Å². The summed E-state index contributed by atoms with van der Waals surface area (Å²) in [6.45, 7) is 2.95. The summed E-state index contributed by atoms with van der Waals surface area (Å²) >= 11 is 9.78. The summed E-state index contributed by atoms with van der Waals surface area (Å²) in [5.41, 5.74) is 3.82. The molecule has 0 fully saturated rings. The van der Waals surface area contributed by atoms with Crippen molar-refractivity contribution in [2.45, 2.75) is 25.9 Å². The number of hydrogen-bond acceptors (Lipinski definition) is 5. The molecule has 0 aliphatic rings. The van der Waals surface area contributed by atoms with Crippen molar-refractivity contribution in [1.82, 2.24) is 15.2 Å². The van der Waals surface area contributed by atoms with Gasteiger partial charge in [-0.2, -0.15) is 5.10 Å². The molecule has 7 heteroatoms. The van der Waals surface area contributed by atoms with Crippen molar-refractivity contribution in [1.29, 1.82) is 0 Å². The summed E-state index contributed by atoms with van der Waals surface area (Å²) in [4.78, 5) is 1.16. The normalized spacial score (nSPS) is 13.2. The fourth-order valence-corrected chi connectivity index (χ4v) is 4.71. The smallest absolute Gasteiger partial charge is 0.0985 e. The molecular weight excluding hydrogens is 312 g/mol. The molecule has 0 aromatic carbocycles. The highest BCUT2D eigenvalue weighted by molar-refractivity contribution is 7.27. The molecule has 20 heavy (non-hydrogen) atoms. The average molecular weight is 327 g/mol. The van der Waals surface area contributed by atoms with E-state index in [1.54, 1.807) is 28.9 Å². The Hall–Kier alpha value is -0.920. The van der Waals surface area contributed by atoms with E-state index in [-0.39, 0.29) is 6.04 Å². The van der Waals surface area contributed by atoms with E-state index < -0.39 is 0 Å². The van der Waals surface area contributed by atoms with Crippen LogP contribution in [0.1, 0.15) is 30.0 Å². The molecule has 0 saturated carbocycles. The van der Waals surface area contributed by atoms with Crippen LogP contribution in [0.4, 0.5) is 0 Å². The summed E-state index contributed by atoms with van der Waals surface area (Å²) in [5.74, 6) is 5.78. The van der Waals surface area contributed by atoms with Gasteiger partial charge in [-0.1, -0.05) is 18.5 Å². The maximum absolute atomic E-state index is 6.31. The summed E-state index contributed by atoms with van der Waals surface area (Å²) in [5, 5.41) is 7.09. The third kappa shape index (κ3) is 2.38. The lowest BCUT2D eigenvalue weighted by molar-refractivity contribution is 0.525. The second-order valence-corrected chi connectivity index (χ2v) is 6.97. The molecule has 4 nitrogen and oxygen atoms in total. The van der Waals surface area contributed by atoms with Crippen LogP contribution in [-0.2, 0) is 6.54 Å². The minimum Gasteiger partial charge on any atom is -0.270 e. The Bertz CT molecular complexity index is 686. The SMILES string of the molecule is CCCn1ncc(Cl)c1C(NN)c1cc2sccc2s1. The molecule has 0 amide bonds. The number of hydrogen-bond donors (Lipinski definition) is 2. The molecule has 0 saturated heterocycles. The molecule has 3 rings (SSSR count). The molecule has 3 N–H and O–H groups in total. The predicted octanol–water partition coefficient (Wildman–Crippen LogP) is 3.78. The molecular formula is C13H15ClN4S2. The summed E-state index contributed by atoms with van der Waals surface area (Å²) in [7, 11) is 0. The first-order valence-electron chi connectivity index (χ1n) is 6.38. The predicted molar refractivity (Wildman–Crippen MR) is 86.4 cm³/mol. The number of halogens is 1. The van der Waals surface area contributed by atoms with Crippen LogP contribution in [0.3, 0.4) is 0 Å². The van der Waals surface area contributed by atoms with Gasteiger partial charge < -0.3 is 0 Å². The molecule has 0 radical (unpaired) electrons. The molecule has 1 atom stereocenters. The minimum absolute atomic E-state index is 0.124. The Morgan fingerprint density at radius 1 is 1.50 bits per heavy atom. The Morgan fingerprint density at radius 3 is 3.05 bits per heavy atom. The molecule has 1 unspecified atom stereocenters. The molecule has 106 valence electrons. The average Bonchev–Trinajstić information content (AvgIpc) is 3.09. The maximum Gasteiger partial charge on any atom is 0.0985 e.